The maximum atomic E-state index is 16.0. The lowest BCUT2D eigenvalue weighted by atomic mass is 9.87. The number of nitrogen functional groups attached to an aromatic ring is 1. The molecule has 80 heavy (non-hydrogen) atoms. The van der Waals surface area contributed by atoms with Crippen LogP contribution in [0.3, 0.4) is 0 Å². The zero-order valence-corrected chi connectivity index (χ0v) is 45.5. The zero-order chi connectivity index (χ0) is 55.9. The lowest BCUT2D eigenvalue weighted by Crippen LogP contribution is -2.50. The fraction of sp³-hybridized carbons (Fsp3) is 0.400. The molecule has 2 amide bonds. The molecule has 6 N–H and O–H groups in total. The van der Waals surface area contributed by atoms with Gasteiger partial charge in [-0.3, -0.25) is 14.6 Å². The Morgan fingerprint density at radius 1 is 0.988 bits per heavy atom. The number of hydrogen-bond acceptors (Lipinski definition) is 15. The van der Waals surface area contributed by atoms with Gasteiger partial charge in [0.25, 0.3) is 0 Å². The van der Waals surface area contributed by atoms with Gasteiger partial charge in [0.1, 0.15) is 54.0 Å². The third kappa shape index (κ3) is 10.5. The standard InChI is InChI=1S/C60H66F2N12O6/c1-32(2)55(59(77)72-20-6-7-51(72)58(76)67-50(29-75)39-16-14-36(15-17-39)42-18-19-65-26-47(42)62)74-28-49(70-71-74)38-10-8-35(9-11-38)31-79-56-53(52-34(4)46(61)23-48(64)45(52)24-63)43(37-12-13-37)22-44-54(56)68-60(80-30-33(3)78-5)69-57(44)73-27-40-21-41(73)25-66-40/h8-11,14-19,22-24,26,28,32-33,37,40-41,50-51,55,63,66,75H,6-7,12-13,20-21,25,27,29-31,64H2,1-5H3,(H,67,76)/t33-,40-,41-,50-,51-,55-/m0/s1. The van der Waals surface area contributed by atoms with Crippen LogP contribution in [0.2, 0.25) is 0 Å². The number of rotatable bonds is 20. The molecule has 0 radical (unpaired) electrons. The third-order valence-electron chi connectivity index (χ3n) is 16.2. The topological polar surface area (TPSA) is 232 Å². The highest BCUT2D eigenvalue weighted by Crippen LogP contribution is 2.53. The molecule has 416 valence electrons. The summed E-state index contributed by atoms with van der Waals surface area (Å²) >= 11 is 0. The first kappa shape index (κ1) is 54.0. The van der Waals surface area contributed by atoms with E-state index in [-0.39, 0.29) is 67.3 Å². The maximum Gasteiger partial charge on any atom is 0.319 e. The van der Waals surface area contributed by atoms with E-state index in [2.05, 4.69) is 36.9 Å². The normalized spacial score (nSPS) is 18.9. The number of nitrogens with two attached hydrogens (primary N) is 1. The van der Waals surface area contributed by atoms with Crippen molar-refractivity contribution in [1.82, 2.24) is 45.5 Å². The van der Waals surface area contributed by atoms with Gasteiger partial charge >= 0.3 is 6.01 Å². The van der Waals surface area contributed by atoms with Crippen molar-refractivity contribution in [3.05, 3.63) is 125 Å². The molecule has 0 spiro atoms. The molecule has 4 aliphatic rings. The summed E-state index contributed by atoms with van der Waals surface area (Å²) in [6, 6.07) is 18.0. The van der Waals surface area contributed by atoms with Crippen molar-refractivity contribution in [2.24, 2.45) is 5.92 Å². The summed E-state index contributed by atoms with van der Waals surface area (Å²) in [5.74, 6) is -0.536. The van der Waals surface area contributed by atoms with Crippen LogP contribution in [0.4, 0.5) is 20.3 Å². The van der Waals surface area contributed by atoms with Gasteiger partial charge in [0.15, 0.2) is 5.75 Å². The minimum absolute atomic E-state index is 0.0783. The maximum absolute atomic E-state index is 16.0. The van der Waals surface area contributed by atoms with Gasteiger partial charge in [-0.2, -0.15) is 9.97 Å². The molecule has 6 heterocycles. The molecule has 1 aliphatic carbocycles. The Morgan fingerprint density at radius 2 is 1.76 bits per heavy atom. The number of ether oxygens (including phenoxy) is 3. The number of aromatic nitrogens is 6. The van der Waals surface area contributed by atoms with E-state index in [1.165, 1.54) is 18.5 Å². The Kier molecular flexibility index (Phi) is 15.3. The second-order valence-electron chi connectivity index (χ2n) is 21.8. The summed E-state index contributed by atoms with van der Waals surface area (Å²) in [5, 5.41) is 35.3. The first-order valence-electron chi connectivity index (χ1n) is 27.4. The van der Waals surface area contributed by atoms with E-state index >= 15 is 4.39 Å². The highest BCUT2D eigenvalue weighted by atomic mass is 19.1. The molecule has 0 unspecified atom stereocenters. The van der Waals surface area contributed by atoms with Gasteiger partial charge in [-0.25, -0.2) is 13.5 Å². The highest BCUT2D eigenvalue weighted by molar-refractivity contribution is 6.05. The van der Waals surface area contributed by atoms with Gasteiger partial charge in [-0.05, 0) is 104 Å². The Balaban J connectivity index is 0.863. The number of pyridine rings is 1. The highest BCUT2D eigenvalue weighted by Gasteiger charge is 2.42. The lowest BCUT2D eigenvalue weighted by molar-refractivity contribution is -0.142. The predicted octanol–water partition coefficient (Wildman–Crippen LogP) is 8.24. The van der Waals surface area contributed by atoms with E-state index in [0.717, 1.165) is 66.4 Å². The Morgan fingerprint density at radius 3 is 2.44 bits per heavy atom. The second kappa shape index (κ2) is 22.7. The average Bonchev–Trinajstić information content (AvgIpc) is 4.01. The van der Waals surface area contributed by atoms with Crippen LogP contribution in [0, 0.1) is 29.9 Å². The number of fused-ring (bicyclic) bond motifs is 3. The molecule has 3 aromatic heterocycles. The molecular formula is C60H66F2N12O6. The van der Waals surface area contributed by atoms with Crippen LogP contribution in [0.5, 0.6) is 11.8 Å². The van der Waals surface area contributed by atoms with Gasteiger partial charge in [0.05, 0.1) is 31.1 Å². The largest absolute Gasteiger partial charge is 0.486 e. The molecular weight excluding hydrogens is 1020 g/mol. The van der Waals surface area contributed by atoms with Gasteiger partial charge in [-0.1, -0.05) is 67.6 Å². The van der Waals surface area contributed by atoms with Crippen LogP contribution in [0.15, 0.2) is 85.3 Å². The van der Waals surface area contributed by atoms with E-state index < -0.39 is 29.8 Å². The van der Waals surface area contributed by atoms with Crippen molar-refractivity contribution < 1.29 is 37.7 Å². The SMILES string of the molecule is CO[C@@H](C)COc1nc(N2C[C@@H]3C[C@H]2CN3)c2cc(C3CC3)c(-c3c(C)c(F)cc(N)c3C=N)c(OCc3ccc(-c4cn([C@H](C(=O)N5CCC[C@H]5C(=O)N[C@@H](CO)c5ccc(-c6ccncc6F)cc5)C(C)C)nn4)cc3)c2n1. The van der Waals surface area contributed by atoms with Crippen molar-refractivity contribution in [2.45, 2.75) is 109 Å². The molecule has 4 fully saturated rings. The number of piperazine rings is 1. The van der Waals surface area contributed by atoms with Crippen LogP contribution in [0.25, 0.3) is 44.4 Å². The van der Waals surface area contributed by atoms with Crippen LogP contribution in [-0.4, -0.2) is 122 Å². The number of likely N-dealkylation sites (tertiary alicyclic amines) is 1. The molecule has 3 aliphatic heterocycles. The van der Waals surface area contributed by atoms with Crippen LogP contribution >= 0.6 is 0 Å². The summed E-state index contributed by atoms with van der Waals surface area (Å²) in [5.41, 5.74) is 13.6. The van der Waals surface area contributed by atoms with Crippen LogP contribution in [0.1, 0.15) is 98.7 Å². The molecule has 6 atom stereocenters. The van der Waals surface area contributed by atoms with E-state index in [0.29, 0.717) is 81.3 Å². The van der Waals surface area contributed by atoms with Gasteiger partial charge in [0.2, 0.25) is 11.8 Å². The lowest BCUT2D eigenvalue weighted by Gasteiger charge is -2.30. The number of anilines is 2. The summed E-state index contributed by atoms with van der Waals surface area (Å²) in [6.07, 6.45) is 9.22. The van der Waals surface area contributed by atoms with Gasteiger partial charge in [-0.15, -0.1) is 5.10 Å². The molecule has 20 heteroatoms. The second-order valence-corrected chi connectivity index (χ2v) is 21.8. The number of carbonyl (C=O) groups excluding carboxylic acids is 2. The number of carbonyl (C=O) groups is 2. The van der Waals surface area contributed by atoms with Gasteiger partial charge < -0.3 is 50.9 Å². The molecule has 1 saturated carbocycles. The summed E-state index contributed by atoms with van der Waals surface area (Å²) in [4.78, 5) is 46.4. The van der Waals surface area contributed by atoms with E-state index in [4.69, 9.17) is 35.3 Å². The van der Waals surface area contributed by atoms with Crippen LogP contribution < -0.4 is 30.7 Å². The van der Waals surface area contributed by atoms with Gasteiger partial charge in [0, 0.05) is 90.1 Å². The fourth-order valence-corrected chi connectivity index (χ4v) is 11.6. The molecule has 7 aromatic rings. The number of hydrogen-bond donors (Lipinski definition) is 5. The Bertz CT molecular complexity index is 3470. The van der Waals surface area contributed by atoms with Crippen molar-refractivity contribution in [3.8, 4) is 45.3 Å². The number of nitrogens with zero attached hydrogens (tertiary/aromatic N) is 8. The van der Waals surface area contributed by atoms with Crippen LogP contribution in [-0.2, 0) is 20.9 Å². The number of nitrogens with one attached hydrogen (secondary N) is 3. The van der Waals surface area contributed by atoms with Crippen molar-refractivity contribution in [1.29, 1.82) is 5.41 Å². The molecule has 18 nitrogen and oxygen atoms in total. The number of methoxy groups -OCH3 is 1. The first-order valence-corrected chi connectivity index (χ1v) is 27.4. The van der Waals surface area contributed by atoms with Crippen molar-refractivity contribution in [3.63, 3.8) is 0 Å². The third-order valence-corrected chi connectivity index (χ3v) is 16.2. The smallest absolute Gasteiger partial charge is 0.319 e. The fourth-order valence-electron chi connectivity index (χ4n) is 11.6. The minimum Gasteiger partial charge on any atom is -0.486 e. The number of benzene rings is 4. The van der Waals surface area contributed by atoms with E-state index in [1.54, 1.807) is 60.1 Å². The average molecular weight is 1090 g/mol. The van der Waals surface area contributed by atoms with E-state index in [9.17, 15) is 19.1 Å². The minimum atomic E-state index is -0.774. The number of aliphatic hydroxyl groups is 1. The molecule has 11 rings (SSSR count). The molecule has 4 aromatic carbocycles. The van der Waals surface area contributed by atoms with Crippen molar-refractivity contribution >= 4 is 40.4 Å². The zero-order valence-electron chi connectivity index (χ0n) is 45.5. The number of amides is 2. The summed E-state index contributed by atoms with van der Waals surface area (Å²) in [7, 11) is 1.62. The van der Waals surface area contributed by atoms with E-state index in [1.807, 2.05) is 45.0 Å². The predicted molar refractivity (Wildman–Crippen MR) is 299 cm³/mol. The summed E-state index contributed by atoms with van der Waals surface area (Å²) < 4.78 is 50.8. The Labute approximate surface area is 462 Å². The van der Waals surface area contributed by atoms with Crippen molar-refractivity contribution in [2.75, 3.05) is 50.6 Å². The quantitative estimate of drug-likeness (QED) is 0.0358. The molecule has 2 bridgehead atoms. The number of aliphatic hydroxyl groups excluding tert-OH is 1. The number of halogens is 2. The molecule has 3 saturated heterocycles. The Hall–Kier alpha value is -7.94. The summed E-state index contributed by atoms with van der Waals surface area (Å²) in [6.45, 7) is 9.30. The monoisotopic (exact) mass is 1090 g/mol. The first-order chi connectivity index (χ1) is 38.7.